The predicted molar refractivity (Wildman–Crippen MR) is 159 cm³/mol. The molecule has 39 heavy (non-hydrogen) atoms. The van der Waals surface area contributed by atoms with Gasteiger partial charge in [0.05, 0.1) is 30.3 Å². The van der Waals surface area contributed by atoms with Crippen LogP contribution in [0.25, 0.3) is 0 Å². The highest BCUT2D eigenvalue weighted by Crippen LogP contribution is 2.44. The molecule has 1 aliphatic heterocycles. The third-order valence-corrected chi connectivity index (χ3v) is 8.15. The molecule has 2 aromatic heterocycles. The topological polar surface area (TPSA) is 105 Å². The molecule has 0 bridgehead atoms. The molecule has 3 heterocycles. The summed E-state index contributed by atoms with van der Waals surface area (Å²) in [7, 11) is 3.97. The van der Waals surface area contributed by atoms with Crippen molar-refractivity contribution in [3.63, 3.8) is 0 Å². The number of pyridine rings is 1. The van der Waals surface area contributed by atoms with Crippen LogP contribution in [0.1, 0.15) is 23.2 Å². The van der Waals surface area contributed by atoms with Crippen molar-refractivity contribution in [1.82, 2.24) is 15.2 Å². The van der Waals surface area contributed by atoms with Crippen LogP contribution in [0.5, 0.6) is 0 Å². The molecular formula is C27H35N7O3S2. The van der Waals surface area contributed by atoms with Crippen LogP contribution in [0.2, 0.25) is 0 Å². The van der Waals surface area contributed by atoms with Crippen molar-refractivity contribution >= 4 is 52.1 Å². The van der Waals surface area contributed by atoms with Gasteiger partial charge < -0.3 is 24.6 Å². The van der Waals surface area contributed by atoms with E-state index < -0.39 is 6.09 Å². The number of nitrogens with zero attached hydrogens (tertiary/aromatic N) is 5. The number of carbonyl (C=O) groups excluding carboxylic acids is 1. The molecule has 4 rings (SSSR count). The van der Waals surface area contributed by atoms with Gasteiger partial charge in [0.15, 0.2) is 10.2 Å². The molecule has 1 fully saturated rings. The molecule has 0 atom stereocenters. The van der Waals surface area contributed by atoms with Crippen LogP contribution in [0, 0.1) is 0 Å². The molecular weight excluding hydrogens is 534 g/mol. The van der Waals surface area contributed by atoms with Gasteiger partial charge in [0.1, 0.15) is 17.3 Å². The SMILES string of the molecule is C=CCOC(=O)Nc1c(CSc2nnc(CC)s2)nc(NCc2ccccc2)c(N(C)C)c1N1CCOCC1. The Balaban J connectivity index is 1.79. The molecule has 0 aliphatic carbocycles. The monoisotopic (exact) mass is 569 g/mol. The first-order valence-corrected chi connectivity index (χ1v) is 14.6. The number of benzene rings is 1. The molecule has 0 unspecified atom stereocenters. The van der Waals surface area contributed by atoms with Crippen molar-refractivity contribution in [3.05, 3.63) is 59.3 Å². The maximum Gasteiger partial charge on any atom is 0.412 e. The lowest BCUT2D eigenvalue weighted by Crippen LogP contribution is -2.38. The first-order chi connectivity index (χ1) is 19.0. The molecule has 1 aromatic carbocycles. The summed E-state index contributed by atoms with van der Waals surface area (Å²) >= 11 is 3.13. The van der Waals surface area contributed by atoms with E-state index in [1.165, 1.54) is 0 Å². The van der Waals surface area contributed by atoms with Gasteiger partial charge in [0, 0.05) is 39.5 Å². The summed E-state index contributed by atoms with van der Waals surface area (Å²) in [6.45, 7) is 8.98. The molecule has 1 saturated heterocycles. The molecule has 0 spiro atoms. The normalized spacial score (nSPS) is 13.2. The highest BCUT2D eigenvalue weighted by molar-refractivity contribution is 8.00. The van der Waals surface area contributed by atoms with Gasteiger partial charge in [-0.15, -0.1) is 10.2 Å². The van der Waals surface area contributed by atoms with E-state index in [9.17, 15) is 4.79 Å². The number of hydrogen-bond acceptors (Lipinski definition) is 11. The largest absolute Gasteiger partial charge is 0.445 e. The lowest BCUT2D eigenvalue weighted by Gasteiger charge is -2.35. The zero-order chi connectivity index (χ0) is 27.6. The third-order valence-electron chi connectivity index (χ3n) is 5.94. The van der Waals surface area contributed by atoms with Gasteiger partial charge >= 0.3 is 6.09 Å². The molecule has 0 radical (unpaired) electrons. The number of hydrogen-bond donors (Lipinski definition) is 2. The van der Waals surface area contributed by atoms with Crippen LogP contribution in [-0.4, -0.2) is 68.3 Å². The predicted octanol–water partition coefficient (Wildman–Crippen LogP) is 5.04. The van der Waals surface area contributed by atoms with Crippen LogP contribution < -0.4 is 20.4 Å². The number of aromatic nitrogens is 3. The Labute approximate surface area is 237 Å². The Morgan fingerprint density at radius 2 is 2.03 bits per heavy atom. The van der Waals surface area contributed by atoms with E-state index in [2.05, 4.69) is 51.4 Å². The van der Waals surface area contributed by atoms with E-state index in [-0.39, 0.29) is 6.61 Å². The second-order valence-corrected chi connectivity index (χ2v) is 11.2. The van der Waals surface area contributed by atoms with Crippen LogP contribution >= 0.6 is 23.1 Å². The summed E-state index contributed by atoms with van der Waals surface area (Å²) in [6.07, 6.45) is 1.82. The lowest BCUT2D eigenvalue weighted by molar-refractivity contribution is 0.123. The smallest absolute Gasteiger partial charge is 0.412 e. The number of rotatable bonds is 12. The molecule has 208 valence electrons. The molecule has 10 nitrogen and oxygen atoms in total. The second-order valence-electron chi connectivity index (χ2n) is 8.93. The maximum absolute atomic E-state index is 12.8. The molecule has 2 N–H and O–H groups in total. The van der Waals surface area contributed by atoms with Crippen LogP contribution in [0.4, 0.5) is 27.7 Å². The standard InChI is InChI=1S/C27H35N7O3S2/c1-5-14-37-26(35)30-22-20(18-38-27-32-31-21(6-2)39-27)29-25(28-17-19-10-8-7-9-11-19)24(33(3)4)23(22)34-12-15-36-16-13-34/h5,7-11H,1,6,12-18H2,2-4H3,(H,28,29)(H,30,35). The van der Waals surface area contributed by atoms with Gasteiger partial charge in [-0.1, -0.05) is 73.0 Å². The average molecular weight is 570 g/mol. The number of nitrogens with one attached hydrogen (secondary N) is 2. The minimum absolute atomic E-state index is 0.109. The summed E-state index contributed by atoms with van der Waals surface area (Å²) in [5.41, 5.74) is 4.24. The lowest BCUT2D eigenvalue weighted by atomic mass is 10.1. The highest BCUT2D eigenvalue weighted by atomic mass is 32.2. The highest BCUT2D eigenvalue weighted by Gasteiger charge is 2.28. The zero-order valence-electron chi connectivity index (χ0n) is 22.6. The van der Waals surface area contributed by atoms with Gasteiger partial charge in [-0.25, -0.2) is 9.78 Å². The molecule has 3 aromatic rings. The Morgan fingerprint density at radius 1 is 1.26 bits per heavy atom. The van der Waals surface area contributed by atoms with Crippen LogP contribution in [-0.2, 0) is 28.2 Å². The van der Waals surface area contributed by atoms with E-state index in [0.29, 0.717) is 50.0 Å². The maximum atomic E-state index is 12.8. The summed E-state index contributed by atoms with van der Waals surface area (Å²) in [5.74, 6) is 1.22. The zero-order valence-corrected chi connectivity index (χ0v) is 24.2. The Kier molecular flexibility index (Phi) is 10.4. The van der Waals surface area contributed by atoms with Crippen LogP contribution in [0.3, 0.4) is 0 Å². The van der Waals surface area contributed by atoms with Gasteiger partial charge in [-0.2, -0.15) is 0 Å². The van der Waals surface area contributed by atoms with Gasteiger partial charge in [0.25, 0.3) is 0 Å². The third kappa shape index (κ3) is 7.61. The summed E-state index contributed by atoms with van der Waals surface area (Å²) in [6, 6.07) is 10.2. The van der Waals surface area contributed by atoms with Crippen molar-refractivity contribution in [1.29, 1.82) is 0 Å². The average Bonchev–Trinajstić information content (AvgIpc) is 3.43. The summed E-state index contributed by atoms with van der Waals surface area (Å²) in [5, 5.41) is 16.1. The number of ether oxygens (including phenoxy) is 2. The number of thioether (sulfide) groups is 1. The van der Waals surface area contributed by atoms with Gasteiger partial charge in [-0.3, -0.25) is 5.32 Å². The van der Waals surface area contributed by atoms with E-state index in [1.54, 1.807) is 29.2 Å². The van der Waals surface area contributed by atoms with Gasteiger partial charge in [0.2, 0.25) is 0 Å². The fourth-order valence-corrected chi connectivity index (χ4v) is 5.89. The van der Waals surface area contributed by atoms with E-state index in [4.69, 9.17) is 14.5 Å². The Hall–Kier alpha value is -3.35. The molecule has 0 saturated carbocycles. The van der Waals surface area contributed by atoms with Crippen molar-refractivity contribution in [2.24, 2.45) is 0 Å². The van der Waals surface area contributed by atoms with E-state index >= 15 is 0 Å². The quantitative estimate of drug-likeness (QED) is 0.228. The van der Waals surface area contributed by atoms with Crippen molar-refractivity contribution in [2.75, 3.05) is 67.4 Å². The Morgan fingerprint density at radius 3 is 2.69 bits per heavy atom. The van der Waals surface area contributed by atoms with Crippen molar-refractivity contribution < 1.29 is 14.3 Å². The molecule has 1 aliphatic rings. The fourth-order valence-electron chi connectivity index (χ4n) is 4.11. The first kappa shape index (κ1) is 28.7. The number of aryl methyl sites for hydroxylation is 1. The number of carbonyl (C=O) groups is 1. The van der Waals surface area contributed by atoms with Crippen LogP contribution in [0.15, 0.2) is 47.3 Å². The van der Waals surface area contributed by atoms with E-state index in [0.717, 1.165) is 38.5 Å². The minimum atomic E-state index is -0.559. The molecule has 12 heteroatoms. The minimum Gasteiger partial charge on any atom is -0.445 e. The number of morpholine rings is 1. The number of amides is 1. The Bertz CT molecular complexity index is 1250. The van der Waals surface area contributed by atoms with E-state index in [1.807, 2.05) is 37.2 Å². The number of anilines is 4. The second kappa shape index (κ2) is 14.2. The van der Waals surface area contributed by atoms with Crippen molar-refractivity contribution in [3.8, 4) is 0 Å². The fraction of sp³-hybridized carbons (Fsp3) is 0.407. The summed E-state index contributed by atoms with van der Waals surface area (Å²) < 4.78 is 11.8. The van der Waals surface area contributed by atoms with Gasteiger partial charge in [-0.05, 0) is 12.0 Å². The summed E-state index contributed by atoms with van der Waals surface area (Å²) in [4.78, 5) is 22.2. The van der Waals surface area contributed by atoms with Crippen molar-refractivity contribution in [2.45, 2.75) is 30.0 Å². The molecule has 1 amide bonds. The first-order valence-electron chi connectivity index (χ1n) is 12.8.